The van der Waals surface area contributed by atoms with Crippen molar-refractivity contribution < 1.29 is 4.79 Å². The Hall–Kier alpha value is -1.36. The van der Waals surface area contributed by atoms with Crippen molar-refractivity contribution in [3.63, 3.8) is 0 Å². The van der Waals surface area contributed by atoms with Gasteiger partial charge in [0.15, 0.2) is 0 Å². The van der Waals surface area contributed by atoms with Crippen LogP contribution in [0.5, 0.6) is 0 Å². The van der Waals surface area contributed by atoms with Gasteiger partial charge in [0.25, 0.3) is 0 Å². The first-order chi connectivity index (χ1) is 8.02. The van der Waals surface area contributed by atoms with Gasteiger partial charge < -0.3 is 10.6 Å². The zero-order chi connectivity index (χ0) is 12.8. The van der Waals surface area contributed by atoms with Gasteiger partial charge in [-0.05, 0) is 20.3 Å². The molecule has 0 radical (unpaired) electrons. The highest BCUT2D eigenvalue weighted by Gasteiger charge is 2.07. The number of hydrogen-bond donors (Lipinski definition) is 2. The second-order valence-electron chi connectivity index (χ2n) is 4.45. The SMILES string of the molecule is CCc1nn(C)cc1CNCC(=O)NC(C)C. The molecule has 1 aromatic rings. The monoisotopic (exact) mass is 238 g/mol. The summed E-state index contributed by atoms with van der Waals surface area (Å²) in [6, 6.07) is 0.189. The van der Waals surface area contributed by atoms with Crippen molar-refractivity contribution >= 4 is 5.91 Å². The lowest BCUT2D eigenvalue weighted by Gasteiger charge is -2.08. The Morgan fingerprint density at radius 1 is 1.53 bits per heavy atom. The summed E-state index contributed by atoms with van der Waals surface area (Å²) in [7, 11) is 1.91. The molecule has 0 aliphatic rings. The van der Waals surface area contributed by atoms with Crippen LogP contribution in [0.4, 0.5) is 0 Å². The number of carbonyl (C=O) groups excluding carboxylic acids is 1. The predicted molar refractivity (Wildman–Crippen MR) is 67.6 cm³/mol. The number of nitrogens with one attached hydrogen (secondary N) is 2. The van der Waals surface area contributed by atoms with Crippen molar-refractivity contribution in [1.82, 2.24) is 20.4 Å². The average molecular weight is 238 g/mol. The number of aromatic nitrogens is 2. The van der Waals surface area contributed by atoms with Crippen LogP contribution >= 0.6 is 0 Å². The third-order valence-corrected chi connectivity index (χ3v) is 2.38. The Bertz CT molecular complexity index is 371. The summed E-state index contributed by atoms with van der Waals surface area (Å²) in [5.74, 6) is 0.0296. The third kappa shape index (κ3) is 4.56. The second kappa shape index (κ2) is 6.39. The number of rotatable bonds is 6. The van der Waals surface area contributed by atoms with Crippen LogP contribution in [0.2, 0.25) is 0 Å². The van der Waals surface area contributed by atoms with Crippen molar-refractivity contribution in [2.45, 2.75) is 39.8 Å². The summed E-state index contributed by atoms with van der Waals surface area (Å²) in [6.45, 7) is 7.01. The quantitative estimate of drug-likeness (QED) is 0.763. The average Bonchev–Trinajstić information content (AvgIpc) is 2.57. The van der Waals surface area contributed by atoms with E-state index in [0.29, 0.717) is 13.1 Å². The van der Waals surface area contributed by atoms with E-state index in [0.717, 1.165) is 17.7 Å². The van der Waals surface area contributed by atoms with Crippen LogP contribution in [0.1, 0.15) is 32.0 Å². The molecule has 0 aliphatic carbocycles. The van der Waals surface area contributed by atoms with Crippen molar-refractivity contribution in [1.29, 1.82) is 0 Å². The van der Waals surface area contributed by atoms with Gasteiger partial charge in [-0.3, -0.25) is 9.48 Å². The lowest BCUT2D eigenvalue weighted by molar-refractivity contribution is -0.120. The first kappa shape index (κ1) is 13.7. The summed E-state index contributed by atoms with van der Waals surface area (Å²) in [5, 5.41) is 10.3. The summed E-state index contributed by atoms with van der Waals surface area (Å²) in [6.07, 6.45) is 2.90. The van der Waals surface area contributed by atoms with Gasteiger partial charge in [0.1, 0.15) is 0 Å². The third-order valence-electron chi connectivity index (χ3n) is 2.38. The standard InChI is InChI=1S/C12H22N4O/c1-5-11-10(8-16(4)15-11)6-13-7-12(17)14-9(2)3/h8-9,13H,5-7H2,1-4H3,(H,14,17). The molecule has 0 spiro atoms. The van der Waals surface area contributed by atoms with Gasteiger partial charge in [-0.2, -0.15) is 5.10 Å². The predicted octanol–water partition coefficient (Wildman–Crippen LogP) is 0.597. The van der Waals surface area contributed by atoms with Crippen LogP contribution in [-0.4, -0.2) is 28.3 Å². The van der Waals surface area contributed by atoms with E-state index in [-0.39, 0.29) is 11.9 Å². The first-order valence-corrected chi connectivity index (χ1v) is 6.04. The van der Waals surface area contributed by atoms with Crippen molar-refractivity contribution in [3.05, 3.63) is 17.5 Å². The zero-order valence-corrected chi connectivity index (χ0v) is 11.1. The summed E-state index contributed by atoms with van der Waals surface area (Å²) in [5.41, 5.74) is 2.25. The Kier molecular flexibility index (Phi) is 5.15. The molecule has 1 rings (SSSR count). The second-order valence-corrected chi connectivity index (χ2v) is 4.45. The molecule has 1 aromatic heterocycles. The molecule has 17 heavy (non-hydrogen) atoms. The molecule has 96 valence electrons. The Morgan fingerprint density at radius 3 is 2.82 bits per heavy atom. The van der Waals surface area contributed by atoms with E-state index < -0.39 is 0 Å². The molecule has 0 saturated carbocycles. The molecule has 5 nitrogen and oxygen atoms in total. The molecular formula is C12H22N4O. The molecule has 0 aliphatic heterocycles. The Balaban J connectivity index is 2.37. The highest BCUT2D eigenvalue weighted by molar-refractivity contribution is 5.78. The van der Waals surface area contributed by atoms with Crippen LogP contribution in [-0.2, 0) is 24.8 Å². The van der Waals surface area contributed by atoms with Gasteiger partial charge in [-0.15, -0.1) is 0 Å². The number of nitrogens with zero attached hydrogens (tertiary/aromatic N) is 2. The lowest BCUT2D eigenvalue weighted by Crippen LogP contribution is -2.37. The van der Waals surface area contributed by atoms with Gasteiger partial charge in [0, 0.05) is 31.4 Å². The van der Waals surface area contributed by atoms with E-state index in [2.05, 4.69) is 22.7 Å². The zero-order valence-electron chi connectivity index (χ0n) is 11.1. The minimum atomic E-state index is 0.0296. The maximum absolute atomic E-state index is 11.4. The Labute approximate surface area is 103 Å². The molecular weight excluding hydrogens is 216 g/mol. The van der Waals surface area contributed by atoms with E-state index in [1.54, 1.807) is 0 Å². The van der Waals surface area contributed by atoms with Gasteiger partial charge in [-0.25, -0.2) is 0 Å². The largest absolute Gasteiger partial charge is 0.353 e. The van der Waals surface area contributed by atoms with Gasteiger partial charge in [-0.1, -0.05) is 6.92 Å². The van der Waals surface area contributed by atoms with Crippen molar-refractivity contribution in [2.24, 2.45) is 7.05 Å². The molecule has 0 atom stereocenters. The fourth-order valence-corrected chi connectivity index (χ4v) is 1.71. The molecule has 1 heterocycles. The van der Waals surface area contributed by atoms with Gasteiger partial charge >= 0.3 is 0 Å². The number of amides is 1. The molecule has 0 unspecified atom stereocenters. The number of hydrogen-bond acceptors (Lipinski definition) is 3. The van der Waals surface area contributed by atoms with E-state index in [4.69, 9.17) is 0 Å². The fraction of sp³-hybridized carbons (Fsp3) is 0.667. The molecule has 0 fully saturated rings. The van der Waals surface area contributed by atoms with Crippen LogP contribution in [0.15, 0.2) is 6.20 Å². The highest BCUT2D eigenvalue weighted by Crippen LogP contribution is 2.06. The van der Waals surface area contributed by atoms with Crippen molar-refractivity contribution in [3.8, 4) is 0 Å². The molecule has 0 bridgehead atoms. The fourth-order valence-electron chi connectivity index (χ4n) is 1.71. The molecule has 1 amide bonds. The van der Waals surface area contributed by atoms with E-state index in [1.807, 2.05) is 31.8 Å². The molecule has 5 heteroatoms. The van der Waals surface area contributed by atoms with E-state index in [9.17, 15) is 4.79 Å². The normalized spacial score (nSPS) is 10.9. The smallest absolute Gasteiger partial charge is 0.234 e. The van der Waals surface area contributed by atoms with Crippen LogP contribution < -0.4 is 10.6 Å². The summed E-state index contributed by atoms with van der Waals surface area (Å²) in [4.78, 5) is 11.4. The number of carbonyl (C=O) groups is 1. The first-order valence-electron chi connectivity index (χ1n) is 6.04. The molecule has 0 saturated heterocycles. The molecule has 0 aromatic carbocycles. The maximum atomic E-state index is 11.4. The van der Waals surface area contributed by atoms with Crippen LogP contribution in [0, 0.1) is 0 Å². The van der Waals surface area contributed by atoms with E-state index >= 15 is 0 Å². The number of aryl methyl sites for hydroxylation is 2. The summed E-state index contributed by atoms with van der Waals surface area (Å²) < 4.78 is 1.81. The Morgan fingerprint density at radius 2 is 2.24 bits per heavy atom. The topological polar surface area (TPSA) is 59.0 Å². The van der Waals surface area contributed by atoms with Crippen LogP contribution in [0.3, 0.4) is 0 Å². The maximum Gasteiger partial charge on any atom is 0.234 e. The van der Waals surface area contributed by atoms with Gasteiger partial charge in [0.2, 0.25) is 5.91 Å². The minimum absolute atomic E-state index is 0.0296. The minimum Gasteiger partial charge on any atom is -0.353 e. The summed E-state index contributed by atoms with van der Waals surface area (Å²) >= 11 is 0. The highest BCUT2D eigenvalue weighted by atomic mass is 16.1. The van der Waals surface area contributed by atoms with E-state index in [1.165, 1.54) is 0 Å². The van der Waals surface area contributed by atoms with Crippen LogP contribution in [0.25, 0.3) is 0 Å². The lowest BCUT2D eigenvalue weighted by atomic mass is 10.2. The van der Waals surface area contributed by atoms with Gasteiger partial charge in [0.05, 0.1) is 12.2 Å². The van der Waals surface area contributed by atoms with Crippen molar-refractivity contribution in [2.75, 3.05) is 6.54 Å². The molecule has 2 N–H and O–H groups in total.